The van der Waals surface area contributed by atoms with Crippen molar-refractivity contribution in [1.82, 2.24) is 0 Å². The first-order valence-electron chi connectivity index (χ1n) is 10.4. The summed E-state index contributed by atoms with van der Waals surface area (Å²) in [5, 5.41) is 3.18. The second-order valence-corrected chi connectivity index (χ2v) is 7.70. The van der Waals surface area contributed by atoms with Crippen LogP contribution < -0.4 is 24.6 Å². The van der Waals surface area contributed by atoms with Gasteiger partial charge in [0.05, 0.1) is 25.5 Å². The fourth-order valence-corrected chi connectivity index (χ4v) is 3.66. The van der Waals surface area contributed by atoms with E-state index in [-0.39, 0.29) is 5.70 Å². The molecule has 3 aromatic carbocycles. The third kappa shape index (κ3) is 4.25. The van der Waals surface area contributed by atoms with E-state index in [1.54, 1.807) is 18.2 Å². The van der Waals surface area contributed by atoms with Gasteiger partial charge in [-0.15, -0.1) is 0 Å². The summed E-state index contributed by atoms with van der Waals surface area (Å²) in [4.78, 5) is 30.3. The van der Waals surface area contributed by atoms with Gasteiger partial charge in [-0.05, 0) is 29.8 Å². The van der Waals surface area contributed by atoms with E-state index >= 15 is 0 Å². The first-order chi connectivity index (χ1) is 15.9. The molecule has 2 amide bonds. The zero-order valence-electron chi connectivity index (χ0n) is 19.0. The number of benzene rings is 3. The summed E-state index contributed by atoms with van der Waals surface area (Å²) in [5.74, 6) is 0.0820. The normalized spacial score (nSPS) is 13.4. The van der Waals surface area contributed by atoms with Crippen molar-refractivity contribution in [2.24, 2.45) is 0 Å². The first-order valence-corrected chi connectivity index (χ1v) is 10.4. The van der Waals surface area contributed by atoms with Crippen LogP contribution in [0.4, 0.5) is 17.1 Å². The Kier molecular flexibility index (Phi) is 6.04. The van der Waals surface area contributed by atoms with Crippen LogP contribution in [0.15, 0.2) is 78.5 Å². The molecule has 0 saturated carbocycles. The highest BCUT2D eigenvalue weighted by Gasteiger charge is 2.40. The number of carbonyl (C=O) groups is 2. The molecule has 0 bridgehead atoms. The average Bonchev–Trinajstić information content (AvgIpc) is 3.08. The van der Waals surface area contributed by atoms with Gasteiger partial charge in [0, 0.05) is 43.7 Å². The molecule has 0 unspecified atom stereocenters. The fraction of sp³-hybridized carbons (Fsp3) is 0.154. The molecule has 7 nitrogen and oxygen atoms in total. The molecule has 1 heterocycles. The van der Waals surface area contributed by atoms with E-state index in [2.05, 4.69) is 5.32 Å². The summed E-state index contributed by atoms with van der Waals surface area (Å²) in [7, 11) is 6.95. The molecule has 1 N–H and O–H groups in total. The Hall–Kier alpha value is -4.26. The lowest BCUT2D eigenvalue weighted by Crippen LogP contribution is -2.32. The lowest BCUT2D eigenvalue weighted by atomic mass is 10.0. The Balaban J connectivity index is 1.79. The zero-order chi connectivity index (χ0) is 23.5. The van der Waals surface area contributed by atoms with Crippen molar-refractivity contribution in [1.29, 1.82) is 0 Å². The van der Waals surface area contributed by atoms with Gasteiger partial charge in [-0.2, -0.15) is 0 Å². The van der Waals surface area contributed by atoms with Crippen molar-refractivity contribution < 1.29 is 19.1 Å². The van der Waals surface area contributed by atoms with Crippen LogP contribution in [-0.2, 0) is 9.59 Å². The molecule has 0 fully saturated rings. The summed E-state index contributed by atoms with van der Waals surface area (Å²) in [6, 6.07) is 21.7. The van der Waals surface area contributed by atoms with Gasteiger partial charge in [-0.25, -0.2) is 4.90 Å². The van der Waals surface area contributed by atoms with E-state index in [9.17, 15) is 9.59 Å². The second kappa shape index (κ2) is 9.08. The minimum absolute atomic E-state index is 0.214. The van der Waals surface area contributed by atoms with Crippen LogP contribution in [0.3, 0.4) is 0 Å². The number of nitrogens with one attached hydrogen (secondary N) is 1. The predicted molar refractivity (Wildman–Crippen MR) is 130 cm³/mol. The van der Waals surface area contributed by atoms with Crippen molar-refractivity contribution in [3.63, 3.8) is 0 Å². The van der Waals surface area contributed by atoms with E-state index in [0.29, 0.717) is 34.0 Å². The van der Waals surface area contributed by atoms with Crippen LogP contribution in [0.5, 0.6) is 11.5 Å². The largest absolute Gasteiger partial charge is 0.497 e. The van der Waals surface area contributed by atoms with Crippen molar-refractivity contribution >= 4 is 34.4 Å². The SMILES string of the molecule is COc1cc(OC)cc(N2C(=O)C(Nc3ccc(N(C)C)cc3)=C(c3ccccc3)C2=O)c1. The topological polar surface area (TPSA) is 71.1 Å². The molecule has 0 atom stereocenters. The number of nitrogens with zero attached hydrogens (tertiary/aromatic N) is 2. The standard InChI is InChI=1S/C26H25N3O4/c1-28(2)19-12-10-18(11-13-19)27-24-23(17-8-6-5-7-9-17)25(30)29(26(24)31)20-14-21(32-3)16-22(15-20)33-4/h5-16,27H,1-4H3. The quantitative estimate of drug-likeness (QED) is 0.553. The summed E-state index contributed by atoms with van der Waals surface area (Å²) in [6.45, 7) is 0. The molecule has 33 heavy (non-hydrogen) atoms. The Bertz CT molecular complexity index is 1200. The molecule has 1 aliphatic rings. The molecule has 0 aliphatic carbocycles. The zero-order valence-corrected chi connectivity index (χ0v) is 19.0. The average molecular weight is 444 g/mol. The molecule has 0 aromatic heterocycles. The van der Waals surface area contributed by atoms with E-state index in [1.165, 1.54) is 14.2 Å². The number of hydrogen-bond donors (Lipinski definition) is 1. The smallest absolute Gasteiger partial charge is 0.282 e. The third-order valence-electron chi connectivity index (χ3n) is 5.39. The number of imide groups is 1. The molecular weight excluding hydrogens is 418 g/mol. The number of methoxy groups -OCH3 is 2. The van der Waals surface area contributed by atoms with Gasteiger partial charge in [0.1, 0.15) is 17.2 Å². The van der Waals surface area contributed by atoms with Crippen molar-refractivity contribution in [3.8, 4) is 11.5 Å². The van der Waals surface area contributed by atoms with Gasteiger partial charge < -0.3 is 19.7 Å². The molecular formula is C26H25N3O4. The maximum absolute atomic E-state index is 13.6. The van der Waals surface area contributed by atoms with Crippen LogP contribution in [-0.4, -0.2) is 40.1 Å². The molecule has 3 aromatic rings. The Morgan fingerprint density at radius 3 is 1.94 bits per heavy atom. The number of anilines is 3. The Morgan fingerprint density at radius 2 is 1.39 bits per heavy atom. The lowest BCUT2D eigenvalue weighted by Gasteiger charge is -2.17. The number of ether oxygens (including phenoxy) is 2. The van der Waals surface area contributed by atoms with Gasteiger partial charge in [-0.1, -0.05) is 30.3 Å². The number of amides is 2. The number of rotatable bonds is 7. The van der Waals surface area contributed by atoms with E-state index < -0.39 is 11.8 Å². The molecule has 0 radical (unpaired) electrons. The van der Waals surface area contributed by atoms with Crippen LogP contribution in [0, 0.1) is 0 Å². The Morgan fingerprint density at radius 1 is 0.788 bits per heavy atom. The van der Waals surface area contributed by atoms with Crippen LogP contribution in [0.25, 0.3) is 5.57 Å². The minimum atomic E-state index is -0.453. The Labute approximate surface area is 192 Å². The van der Waals surface area contributed by atoms with Crippen LogP contribution >= 0.6 is 0 Å². The van der Waals surface area contributed by atoms with E-state index in [1.807, 2.05) is 73.6 Å². The third-order valence-corrected chi connectivity index (χ3v) is 5.39. The minimum Gasteiger partial charge on any atom is -0.497 e. The molecule has 168 valence electrons. The summed E-state index contributed by atoms with van der Waals surface area (Å²) in [5.41, 5.74) is 3.27. The van der Waals surface area contributed by atoms with Gasteiger partial charge in [0.2, 0.25) is 0 Å². The molecule has 1 aliphatic heterocycles. The summed E-state index contributed by atoms with van der Waals surface area (Å²) in [6.07, 6.45) is 0. The molecule has 4 rings (SSSR count). The summed E-state index contributed by atoms with van der Waals surface area (Å²) >= 11 is 0. The van der Waals surface area contributed by atoms with Gasteiger partial charge >= 0.3 is 0 Å². The van der Waals surface area contributed by atoms with Crippen LogP contribution in [0.2, 0.25) is 0 Å². The highest BCUT2D eigenvalue weighted by Crippen LogP contribution is 2.37. The highest BCUT2D eigenvalue weighted by molar-refractivity contribution is 6.46. The fourth-order valence-electron chi connectivity index (χ4n) is 3.66. The summed E-state index contributed by atoms with van der Waals surface area (Å²) < 4.78 is 10.7. The predicted octanol–water partition coefficient (Wildman–Crippen LogP) is 4.17. The van der Waals surface area contributed by atoms with Gasteiger partial charge in [0.25, 0.3) is 11.8 Å². The van der Waals surface area contributed by atoms with Crippen molar-refractivity contribution in [2.45, 2.75) is 0 Å². The maximum Gasteiger partial charge on any atom is 0.282 e. The van der Waals surface area contributed by atoms with E-state index in [4.69, 9.17) is 9.47 Å². The molecule has 7 heteroatoms. The monoisotopic (exact) mass is 443 g/mol. The van der Waals surface area contributed by atoms with E-state index in [0.717, 1.165) is 10.6 Å². The first kappa shape index (κ1) is 22.0. The van der Waals surface area contributed by atoms with Crippen LogP contribution in [0.1, 0.15) is 5.56 Å². The van der Waals surface area contributed by atoms with Crippen molar-refractivity contribution in [2.75, 3.05) is 43.4 Å². The lowest BCUT2D eigenvalue weighted by molar-refractivity contribution is -0.120. The maximum atomic E-state index is 13.6. The van der Waals surface area contributed by atoms with Gasteiger partial charge in [-0.3, -0.25) is 9.59 Å². The highest BCUT2D eigenvalue weighted by atomic mass is 16.5. The molecule has 0 spiro atoms. The van der Waals surface area contributed by atoms with Gasteiger partial charge in [0.15, 0.2) is 0 Å². The van der Waals surface area contributed by atoms with Crippen molar-refractivity contribution in [3.05, 3.63) is 84.1 Å². The number of carbonyl (C=O) groups excluding carboxylic acids is 2. The molecule has 0 saturated heterocycles. The second-order valence-electron chi connectivity index (χ2n) is 7.70. The number of hydrogen-bond acceptors (Lipinski definition) is 6.